The fraction of sp³-hybridized carbons (Fsp3) is 0.667. The molecule has 7 heteroatoms. The standard InChI is InChI=1S/C24H40N4O2.HI/c1-4-9-22(29)28-21-12-10-20(11-13-21)18-26-23(25-5-2)27-19-24(14-7-8-15-24)16-17-30-6-3;/h10-13H,4-9,14-19H2,1-3H3,(H,28,29)(H2,25,26,27);1H. The van der Waals surface area contributed by atoms with Crippen LogP contribution in [0.5, 0.6) is 0 Å². The molecule has 0 saturated heterocycles. The van der Waals surface area contributed by atoms with Crippen molar-refractivity contribution in [2.75, 3.05) is 31.6 Å². The van der Waals surface area contributed by atoms with Gasteiger partial charge in [-0.3, -0.25) is 4.79 Å². The lowest BCUT2D eigenvalue weighted by Crippen LogP contribution is -2.43. The highest BCUT2D eigenvalue weighted by Crippen LogP contribution is 2.40. The van der Waals surface area contributed by atoms with Crippen LogP contribution in [0.25, 0.3) is 0 Å². The van der Waals surface area contributed by atoms with Gasteiger partial charge < -0.3 is 20.7 Å². The number of hydrogen-bond acceptors (Lipinski definition) is 3. The van der Waals surface area contributed by atoms with Gasteiger partial charge in [-0.1, -0.05) is 31.9 Å². The average molecular weight is 545 g/mol. The van der Waals surface area contributed by atoms with Gasteiger partial charge in [-0.05, 0) is 62.6 Å². The fourth-order valence-electron chi connectivity index (χ4n) is 4.00. The summed E-state index contributed by atoms with van der Waals surface area (Å²) in [7, 11) is 0. The van der Waals surface area contributed by atoms with Crippen LogP contribution in [0.15, 0.2) is 29.3 Å². The Morgan fingerprint density at radius 3 is 2.42 bits per heavy atom. The molecule has 1 aliphatic carbocycles. The number of hydrogen-bond donors (Lipinski definition) is 3. The molecule has 1 aliphatic rings. The van der Waals surface area contributed by atoms with E-state index in [1.165, 1.54) is 25.7 Å². The topological polar surface area (TPSA) is 74.8 Å². The second-order valence-electron chi connectivity index (χ2n) is 8.20. The van der Waals surface area contributed by atoms with Crippen molar-refractivity contribution >= 4 is 41.5 Å². The van der Waals surface area contributed by atoms with E-state index in [2.05, 4.69) is 29.8 Å². The third-order valence-electron chi connectivity index (χ3n) is 5.75. The molecule has 0 radical (unpaired) electrons. The molecular formula is C24H41IN4O2. The predicted octanol–water partition coefficient (Wildman–Crippen LogP) is 5.09. The van der Waals surface area contributed by atoms with Crippen molar-refractivity contribution in [2.24, 2.45) is 10.4 Å². The lowest BCUT2D eigenvalue weighted by Gasteiger charge is -2.30. The average Bonchev–Trinajstić information content (AvgIpc) is 3.20. The van der Waals surface area contributed by atoms with Gasteiger partial charge in [0.2, 0.25) is 5.91 Å². The van der Waals surface area contributed by atoms with Crippen molar-refractivity contribution in [3.63, 3.8) is 0 Å². The minimum atomic E-state index is 0. The number of rotatable bonds is 12. The molecule has 1 saturated carbocycles. The van der Waals surface area contributed by atoms with Gasteiger partial charge in [0, 0.05) is 38.4 Å². The molecule has 0 heterocycles. The molecule has 31 heavy (non-hydrogen) atoms. The van der Waals surface area contributed by atoms with E-state index >= 15 is 0 Å². The zero-order chi connectivity index (χ0) is 21.7. The highest BCUT2D eigenvalue weighted by atomic mass is 127. The van der Waals surface area contributed by atoms with E-state index in [0.717, 1.165) is 56.4 Å². The number of carbonyl (C=O) groups excluding carboxylic acids is 1. The van der Waals surface area contributed by atoms with Crippen LogP contribution in [0.3, 0.4) is 0 Å². The third kappa shape index (κ3) is 10.2. The smallest absolute Gasteiger partial charge is 0.224 e. The molecule has 176 valence electrons. The van der Waals surface area contributed by atoms with Crippen molar-refractivity contribution in [3.05, 3.63) is 29.8 Å². The number of aliphatic imine (C=N–C) groups is 1. The van der Waals surface area contributed by atoms with Gasteiger partial charge >= 0.3 is 0 Å². The van der Waals surface area contributed by atoms with Crippen LogP contribution in [0, 0.1) is 5.41 Å². The van der Waals surface area contributed by atoms with Crippen molar-refractivity contribution < 1.29 is 9.53 Å². The second-order valence-corrected chi connectivity index (χ2v) is 8.20. The summed E-state index contributed by atoms with van der Waals surface area (Å²) < 4.78 is 5.63. The van der Waals surface area contributed by atoms with Crippen LogP contribution in [-0.2, 0) is 16.1 Å². The first-order valence-corrected chi connectivity index (χ1v) is 11.6. The number of nitrogens with one attached hydrogen (secondary N) is 3. The van der Waals surface area contributed by atoms with Gasteiger partial charge in [-0.15, -0.1) is 24.0 Å². The summed E-state index contributed by atoms with van der Waals surface area (Å²) in [4.78, 5) is 16.5. The van der Waals surface area contributed by atoms with Crippen molar-refractivity contribution in [1.29, 1.82) is 0 Å². The maximum absolute atomic E-state index is 11.7. The van der Waals surface area contributed by atoms with E-state index in [4.69, 9.17) is 9.73 Å². The molecule has 1 amide bonds. The molecule has 1 fully saturated rings. The summed E-state index contributed by atoms with van der Waals surface area (Å²) in [5.41, 5.74) is 2.28. The molecule has 0 aromatic heterocycles. The molecule has 2 rings (SSSR count). The first-order valence-electron chi connectivity index (χ1n) is 11.6. The van der Waals surface area contributed by atoms with Gasteiger partial charge in [-0.2, -0.15) is 0 Å². The Balaban J connectivity index is 0.00000480. The number of benzene rings is 1. The molecule has 1 aromatic carbocycles. The Hall–Kier alpha value is -1.35. The monoisotopic (exact) mass is 544 g/mol. The van der Waals surface area contributed by atoms with Crippen LogP contribution in [-0.4, -0.2) is 38.2 Å². The normalized spacial score (nSPS) is 15.3. The molecule has 1 aromatic rings. The van der Waals surface area contributed by atoms with E-state index < -0.39 is 0 Å². The number of nitrogens with zero attached hydrogens (tertiary/aromatic N) is 1. The van der Waals surface area contributed by atoms with Gasteiger partial charge in [0.1, 0.15) is 0 Å². The number of halogens is 1. The summed E-state index contributed by atoms with van der Waals surface area (Å²) in [5, 5.41) is 9.86. The molecule has 3 N–H and O–H groups in total. The number of ether oxygens (including phenoxy) is 1. The number of carbonyl (C=O) groups is 1. The summed E-state index contributed by atoms with van der Waals surface area (Å²) in [5.74, 6) is 0.924. The Kier molecular flexibility index (Phi) is 13.8. The van der Waals surface area contributed by atoms with Crippen LogP contribution in [0.4, 0.5) is 5.69 Å². The van der Waals surface area contributed by atoms with E-state index in [9.17, 15) is 4.79 Å². The highest BCUT2D eigenvalue weighted by molar-refractivity contribution is 14.0. The third-order valence-corrected chi connectivity index (χ3v) is 5.75. The summed E-state index contributed by atoms with van der Waals surface area (Å²) in [6, 6.07) is 7.93. The first-order chi connectivity index (χ1) is 14.6. The van der Waals surface area contributed by atoms with E-state index in [-0.39, 0.29) is 29.9 Å². The molecule has 0 spiro atoms. The number of guanidine groups is 1. The van der Waals surface area contributed by atoms with Crippen molar-refractivity contribution in [3.8, 4) is 0 Å². The minimum absolute atomic E-state index is 0. The quantitative estimate of drug-likeness (QED) is 0.148. The lowest BCUT2D eigenvalue weighted by molar-refractivity contribution is -0.116. The van der Waals surface area contributed by atoms with Crippen molar-refractivity contribution in [1.82, 2.24) is 10.6 Å². The fourth-order valence-corrected chi connectivity index (χ4v) is 4.00. The van der Waals surface area contributed by atoms with Crippen LogP contribution >= 0.6 is 24.0 Å². The maximum Gasteiger partial charge on any atom is 0.224 e. The van der Waals surface area contributed by atoms with Gasteiger partial charge in [-0.25, -0.2) is 4.99 Å². The van der Waals surface area contributed by atoms with E-state index in [0.29, 0.717) is 18.4 Å². The summed E-state index contributed by atoms with van der Waals surface area (Å²) >= 11 is 0. The number of amides is 1. The SMILES string of the molecule is CCCC(=O)Nc1ccc(CN=C(NCC)NCC2(CCOCC)CCCC2)cc1.I. The van der Waals surface area contributed by atoms with Crippen LogP contribution < -0.4 is 16.0 Å². The highest BCUT2D eigenvalue weighted by Gasteiger charge is 2.33. The summed E-state index contributed by atoms with van der Waals surface area (Å²) in [6.45, 7) is 10.2. The van der Waals surface area contributed by atoms with Gasteiger partial charge in [0.05, 0.1) is 6.54 Å². The van der Waals surface area contributed by atoms with E-state index in [1.807, 2.05) is 31.2 Å². The lowest BCUT2D eigenvalue weighted by atomic mass is 9.83. The summed E-state index contributed by atoms with van der Waals surface area (Å²) in [6.07, 6.45) is 7.65. The second kappa shape index (κ2) is 15.5. The van der Waals surface area contributed by atoms with Crippen molar-refractivity contribution in [2.45, 2.75) is 72.3 Å². The zero-order valence-electron chi connectivity index (χ0n) is 19.5. The molecular weight excluding hydrogens is 503 g/mol. The van der Waals surface area contributed by atoms with E-state index in [1.54, 1.807) is 0 Å². The molecule has 6 nitrogen and oxygen atoms in total. The van der Waals surface area contributed by atoms with Crippen LogP contribution in [0.2, 0.25) is 0 Å². The Morgan fingerprint density at radius 2 is 1.81 bits per heavy atom. The predicted molar refractivity (Wildman–Crippen MR) is 140 cm³/mol. The largest absolute Gasteiger partial charge is 0.382 e. The molecule has 0 aliphatic heterocycles. The van der Waals surface area contributed by atoms with Gasteiger partial charge in [0.15, 0.2) is 5.96 Å². The molecule has 0 unspecified atom stereocenters. The van der Waals surface area contributed by atoms with Crippen LogP contribution in [0.1, 0.15) is 71.3 Å². The zero-order valence-corrected chi connectivity index (χ0v) is 21.8. The Labute approximate surface area is 205 Å². The Morgan fingerprint density at radius 1 is 1.10 bits per heavy atom. The maximum atomic E-state index is 11.7. The van der Waals surface area contributed by atoms with Gasteiger partial charge in [0.25, 0.3) is 0 Å². The molecule has 0 atom stereocenters. The first kappa shape index (κ1) is 27.7. The Bertz CT molecular complexity index is 658. The minimum Gasteiger partial charge on any atom is -0.382 e. The number of anilines is 1. The molecule has 0 bridgehead atoms.